The fourth-order valence-corrected chi connectivity index (χ4v) is 2.60. The molecule has 0 aliphatic carbocycles. The van der Waals surface area contributed by atoms with Gasteiger partial charge in [-0.3, -0.25) is 4.40 Å². The topological polar surface area (TPSA) is 48.0 Å². The number of imidazole rings is 2. The second kappa shape index (κ2) is 4.30. The molecule has 3 aromatic heterocycles. The molecule has 100 valence electrons. The average molecular weight is 265 g/mol. The van der Waals surface area contributed by atoms with E-state index in [1.165, 1.54) is 0 Å². The summed E-state index contributed by atoms with van der Waals surface area (Å²) < 4.78 is 4.12. The van der Waals surface area contributed by atoms with Gasteiger partial charge in [0.05, 0.1) is 17.4 Å². The Kier molecular flexibility index (Phi) is 2.45. The van der Waals surface area contributed by atoms with Gasteiger partial charge >= 0.3 is 0 Å². The minimum Gasteiger partial charge on any atom is -0.315 e. The molecule has 0 radical (unpaired) electrons. The maximum absolute atomic E-state index is 4.68. The first-order valence-corrected chi connectivity index (χ1v) is 6.95. The van der Waals surface area contributed by atoms with Crippen molar-refractivity contribution < 1.29 is 0 Å². The molecule has 0 atom stereocenters. The zero-order valence-corrected chi connectivity index (χ0v) is 11.3. The van der Waals surface area contributed by atoms with Gasteiger partial charge in [0.25, 0.3) is 0 Å². The van der Waals surface area contributed by atoms with Crippen LogP contribution >= 0.6 is 0 Å². The summed E-state index contributed by atoms with van der Waals surface area (Å²) in [6.07, 6.45) is 6.01. The van der Waals surface area contributed by atoms with Crippen LogP contribution in [0.15, 0.2) is 36.9 Å². The highest BCUT2D eigenvalue weighted by Gasteiger charge is 2.12. The first-order valence-electron chi connectivity index (χ1n) is 6.95. The van der Waals surface area contributed by atoms with Crippen LogP contribution in [-0.2, 0) is 6.54 Å². The van der Waals surface area contributed by atoms with Crippen LogP contribution in [0.5, 0.6) is 0 Å². The van der Waals surface area contributed by atoms with Crippen molar-refractivity contribution in [2.75, 3.05) is 0 Å². The van der Waals surface area contributed by atoms with Crippen molar-refractivity contribution in [1.82, 2.24) is 23.9 Å². The Morgan fingerprint density at radius 1 is 1.05 bits per heavy atom. The molecule has 0 bridgehead atoms. The van der Waals surface area contributed by atoms with Crippen LogP contribution in [0.2, 0.25) is 0 Å². The van der Waals surface area contributed by atoms with Crippen molar-refractivity contribution in [3.8, 4) is 0 Å². The van der Waals surface area contributed by atoms with Crippen molar-refractivity contribution >= 4 is 27.8 Å². The lowest BCUT2D eigenvalue weighted by molar-refractivity contribution is 0.641. The van der Waals surface area contributed by atoms with E-state index in [0.717, 1.165) is 47.2 Å². The highest BCUT2D eigenvalue weighted by atomic mass is 15.2. The summed E-state index contributed by atoms with van der Waals surface area (Å²) in [4.78, 5) is 13.8. The van der Waals surface area contributed by atoms with Gasteiger partial charge < -0.3 is 4.57 Å². The summed E-state index contributed by atoms with van der Waals surface area (Å²) >= 11 is 0. The molecule has 0 amide bonds. The Balaban J connectivity index is 2.01. The van der Waals surface area contributed by atoms with Gasteiger partial charge in [-0.15, -0.1) is 0 Å². The van der Waals surface area contributed by atoms with E-state index in [4.69, 9.17) is 0 Å². The predicted octanol–water partition coefficient (Wildman–Crippen LogP) is 3.03. The summed E-state index contributed by atoms with van der Waals surface area (Å²) in [6, 6.07) is 8.08. The van der Waals surface area contributed by atoms with E-state index in [1.807, 2.05) is 35.3 Å². The van der Waals surface area contributed by atoms with Crippen LogP contribution in [0.4, 0.5) is 0 Å². The Morgan fingerprint density at radius 2 is 1.95 bits per heavy atom. The zero-order chi connectivity index (χ0) is 13.5. The highest BCUT2D eigenvalue weighted by molar-refractivity contribution is 5.92. The van der Waals surface area contributed by atoms with Crippen LogP contribution in [-0.4, -0.2) is 23.9 Å². The molecule has 4 aromatic rings. The largest absolute Gasteiger partial charge is 0.315 e. The highest BCUT2D eigenvalue weighted by Crippen LogP contribution is 2.21. The van der Waals surface area contributed by atoms with E-state index in [-0.39, 0.29) is 0 Å². The molecule has 5 nitrogen and oxygen atoms in total. The number of para-hydroxylation sites is 2. The average Bonchev–Trinajstić information content (AvgIpc) is 3.06. The standard InChI is InChI=1S/C15H15N5/c1-2-3-8-19-9-16-13-14(19)17-10-20-12-7-5-4-6-11(12)18-15(13)20/h4-7,9-10H,2-3,8H2,1H3. The molecule has 4 rings (SSSR count). The Morgan fingerprint density at radius 3 is 2.85 bits per heavy atom. The number of fused-ring (bicyclic) bond motifs is 5. The van der Waals surface area contributed by atoms with E-state index < -0.39 is 0 Å². The molecule has 0 saturated carbocycles. The Labute approximate surface area is 115 Å². The number of hydrogen-bond acceptors (Lipinski definition) is 3. The normalized spacial score (nSPS) is 11.8. The monoisotopic (exact) mass is 265 g/mol. The van der Waals surface area contributed by atoms with Gasteiger partial charge in [0.1, 0.15) is 6.33 Å². The molecule has 0 N–H and O–H groups in total. The molecule has 5 heteroatoms. The molecule has 20 heavy (non-hydrogen) atoms. The first-order chi connectivity index (χ1) is 9.88. The molecular weight excluding hydrogens is 250 g/mol. The first kappa shape index (κ1) is 11.4. The maximum Gasteiger partial charge on any atom is 0.169 e. The number of nitrogens with zero attached hydrogens (tertiary/aromatic N) is 5. The van der Waals surface area contributed by atoms with Crippen LogP contribution in [0.25, 0.3) is 27.8 Å². The molecule has 0 unspecified atom stereocenters. The number of unbranched alkanes of at least 4 members (excludes halogenated alkanes) is 1. The Hall–Kier alpha value is -2.43. The van der Waals surface area contributed by atoms with Gasteiger partial charge in [0.2, 0.25) is 0 Å². The van der Waals surface area contributed by atoms with Crippen molar-refractivity contribution in [3.63, 3.8) is 0 Å². The SMILES string of the molecule is CCCCn1cnc2c1ncn1c3ccccc3nc21. The van der Waals surface area contributed by atoms with Crippen molar-refractivity contribution in [1.29, 1.82) is 0 Å². The molecule has 0 spiro atoms. The van der Waals surface area contributed by atoms with E-state index in [1.54, 1.807) is 0 Å². The van der Waals surface area contributed by atoms with Gasteiger partial charge in [-0.25, -0.2) is 15.0 Å². The minimum atomic E-state index is 0.875. The van der Waals surface area contributed by atoms with Gasteiger partial charge in [-0.05, 0) is 18.6 Å². The third kappa shape index (κ3) is 1.52. The van der Waals surface area contributed by atoms with E-state index in [0.29, 0.717) is 0 Å². The number of aromatic nitrogens is 5. The molecule has 0 aliphatic rings. The van der Waals surface area contributed by atoms with Crippen LogP contribution in [0.1, 0.15) is 19.8 Å². The summed E-state index contributed by atoms with van der Waals surface area (Å²) in [6.45, 7) is 3.14. The van der Waals surface area contributed by atoms with E-state index in [2.05, 4.69) is 32.5 Å². The quantitative estimate of drug-likeness (QED) is 0.572. The second-order valence-electron chi connectivity index (χ2n) is 5.00. The summed E-state index contributed by atoms with van der Waals surface area (Å²) in [5.74, 6) is 0. The lowest BCUT2D eigenvalue weighted by Crippen LogP contribution is -1.98. The number of rotatable bonds is 3. The molecule has 1 aromatic carbocycles. The van der Waals surface area contributed by atoms with Gasteiger partial charge in [0, 0.05) is 6.54 Å². The van der Waals surface area contributed by atoms with Crippen LogP contribution in [0, 0.1) is 0 Å². The lowest BCUT2D eigenvalue weighted by atomic mass is 10.3. The number of aryl methyl sites for hydroxylation is 1. The fraction of sp³-hybridized carbons (Fsp3) is 0.267. The summed E-state index contributed by atoms with van der Waals surface area (Å²) in [7, 11) is 0. The zero-order valence-electron chi connectivity index (χ0n) is 11.3. The molecule has 0 aliphatic heterocycles. The molecule has 3 heterocycles. The van der Waals surface area contributed by atoms with Gasteiger partial charge in [0.15, 0.2) is 16.8 Å². The van der Waals surface area contributed by atoms with E-state index in [9.17, 15) is 0 Å². The third-order valence-electron chi connectivity index (χ3n) is 3.67. The molecule has 0 saturated heterocycles. The molecular formula is C15H15N5. The Bertz CT molecular complexity index is 902. The molecule has 0 fully saturated rings. The smallest absolute Gasteiger partial charge is 0.169 e. The van der Waals surface area contributed by atoms with Crippen molar-refractivity contribution in [2.45, 2.75) is 26.3 Å². The van der Waals surface area contributed by atoms with Gasteiger partial charge in [-0.1, -0.05) is 25.5 Å². The number of hydrogen-bond donors (Lipinski definition) is 0. The van der Waals surface area contributed by atoms with E-state index >= 15 is 0 Å². The minimum absolute atomic E-state index is 0.875. The predicted molar refractivity (Wildman–Crippen MR) is 78.7 cm³/mol. The number of benzene rings is 1. The van der Waals surface area contributed by atoms with Gasteiger partial charge in [-0.2, -0.15) is 0 Å². The van der Waals surface area contributed by atoms with Crippen LogP contribution in [0.3, 0.4) is 0 Å². The van der Waals surface area contributed by atoms with Crippen molar-refractivity contribution in [3.05, 3.63) is 36.9 Å². The third-order valence-corrected chi connectivity index (χ3v) is 3.67. The fourth-order valence-electron chi connectivity index (χ4n) is 2.60. The summed E-state index contributed by atoms with van der Waals surface area (Å²) in [5.41, 5.74) is 4.72. The van der Waals surface area contributed by atoms with Crippen molar-refractivity contribution in [2.24, 2.45) is 0 Å². The van der Waals surface area contributed by atoms with Crippen LogP contribution < -0.4 is 0 Å². The lowest BCUT2D eigenvalue weighted by Gasteiger charge is -2.01. The summed E-state index contributed by atoms with van der Waals surface area (Å²) in [5, 5.41) is 0. The second-order valence-corrected chi connectivity index (χ2v) is 5.00. The maximum atomic E-state index is 4.68.